The molecule has 0 saturated heterocycles. The first-order chi connectivity index (χ1) is 68.5. The lowest BCUT2D eigenvalue weighted by molar-refractivity contribution is 0.568. The van der Waals surface area contributed by atoms with Crippen LogP contribution in [0.25, 0.3) is 67.4 Å². The van der Waals surface area contributed by atoms with E-state index in [1.54, 1.807) is 0 Å². The highest BCUT2D eigenvalue weighted by Gasteiger charge is 2.49. The highest BCUT2D eigenvalue weighted by molar-refractivity contribution is 7.01. The van der Waals surface area contributed by atoms with E-state index in [-0.39, 0.29) is 83.8 Å². The Bertz CT molecular complexity index is 7780. The van der Waals surface area contributed by atoms with E-state index >= 15 is 0 Å². The van der Waals surface area contributed by atoms with Crippen LogP contribution in [0.3, 0.4) is 0 Å². The van der Waals surface area contributed by atoms with Gasteiger partial charge >= 0.3 is 0 Å². The van der Waals surface area contributed by atoms with Gasteiger partial charge in [-0.1, -0.05) is 397 Å². The number of benzene rings is 14. The van der Waals surface area contributed by atoms with Crippen molar-refractivity contribution in [2.45, 2.75) is 340 Å². The Balaban J connectivity index is 0.000000186. The summed E-state index contributed by atoms with van der Waals surface area (Å²) < 4.78 is 13.9. The van der Waals surface area contributed by atoms with Gasteiger partial charge in [0, 0.05) is 91.5 Å². The van der Waals surface area contributed by atoms with E-state index in [4.69, 9.17) is 18.8 Å². The minimum Gasteiger partial charge on any atom is -0.436 e. The Morgan fingerprint density at radius 1 is 0.169 bits per heavy atom. The van der Waals surface area contributed by atoms with E-state index in [1.807, 2.05) is 0 Å². The third-order valence-electron chi connectivity index (χ3n) is 31.8. The van der Waals surface area contributed by atoms with Gasteiger partial charge in [-0.15, -0.1) is 0 Å². The fourth-order valence-electron chi connectivity index (χ4n) is 21.9. The smallest absolute Gasteiger partial charge is 0.252 e. The molecule has 4 aliphatic heterocycles. The molecule has 16 aromatic rings. The van der Waals surface area contributed by atoms with Gasteiger partial charge in [0.2, 0.25) is 11.8 Å². The van der Waals surface area contributed by atoms with Gasteiger partial charge in [-0.25, -0.2) is 9.97 Å². The first-order valence-electron chi connectivity index (χ1n) is 54.3. The fraction of sp³-hybridized carbons (Fsp3) is 0.377. The van der Waals surface area contributed by atoms with Crippen molar-refractivity contribution < 1.29 is 8.83 Å². The van der Waals surface area contributed by atoms with Crippen molar-refractivity contribution in [2.75, 3.05) is 19.6 Å². The number of rotatable bonds is 8. The van der Waals surface area contributed by atoms with Gasteiger partial charge in [0.1, 0.15) is 11.0 Å². The van der Waals surface area contributed by atoms with E-state index in [9.17, 15) is 0 Å². The summed E-state index contributed by atoms with van der Waals surface area (Å²) >= 11 is 0. The molecule has 0 unspecified atom stereocenters. The molecule has 8 nitrogen and oxygen atoms in total. The summed E-state index contributed by atoms with van der Waals surface area (Å²) in [6, 6.07) is 101. The third kappa shape index (κ3) is 19.6. The van der Waals surface area contributed by atoms with Crippen LogP contribution in [0, 0.1) is 0 Å². The van der Waals surface area contributed by atoms with Crippen LogP contribution in [-0.2, 0) is 70.4 Å². The van der Waals surface area contributed by atoms with Gasteiger partial charge in [-0.2, -0.15) is 0 Å². The number of fused-ring (bicyclic) bond motifs is 10. The van der Waals surface area contributed by atoms with Crippen LogP contribution < -0.4 is 52.4 Å². The number of oxazole rings is 2. The summed E-state index contributed by atoms with van der Waals surface area (Å²) in [7, 11) is 0. The average Bonchev–Trinajstić information content (AvgIpc) is 0.928. The van der Waals surface area contributed by atoms with Crippen LogP contribution >= 0.6 is 0 Å². The summed E-state index contributed by atoms with van der Waals surface area (Å²) in [6.45, 7) is 90.6. The molecule has 10 heteroatoms. The average molecular weight is 1960 g/mol. The molecule has 0 spiro atoms. The zero-order chi connectivity index (χ0) is 107. The van der Waals surface area contributed by atoms with Gasteiger partial charge in [0.05, 0.1) is 0 Å². The monoisotopic (exact) mass is 1960 g/mol. The maximum Gasteiger partial charge on any atom is 0.252 e. The molecule has 2 aromatic heterocycles. The van der Waals surface area contributed by atoms with Crippen molar-refractivity contribution in [2.24, 2.45) is 0 Å². The summed E-state index contributed by atoms with van der Waals surface area (Å²) in [4.78, 5) is 21.1. The maximum atomic E-state index is 6.97. The van der Waals surface area contributed by atoms with E-state index < -0.39 is 0 Å². The first kappa shape index (κ1) is 104. The molecule has 4 aliphatic rings. The minimum absolute atomic E-state index is 0.0305. The van der Waals surface area contributed by atoms with Gasteiger partial charge < -0.3 is 28.4 Å². The molecule has 0 saturated carbocycles. The Kier molecular flexibility index (Phi) is 24.9. The molecule has 0 N–H and O–H groups in total. The second-order valence-electron chi connectivity index (χ2n) is 56.8. The molecule has 0 radical (unpaired) electrons. The van der Waals surface area contributed by atoms with E-state index in [2.05, 4.69) is 550 Å². The van der Waals surface area contributed by atoms with Gasteiger partial charge in [-0.3, -0.25) is 0 Å². The van der Waals surface area contributed by atoms with E-state index in [0.717, 1.165) is 61.8 Å². The topological polar surface area (TPSA) is 65.0 Å². The van der Waals surface area contributed by atoms with Crippen molar-refractivity contribution in [3.8, 4) is 45.2 Å². The largest absolute Gasteiger partial charge is 0.436 e. The number of aromatic nitrogens is 2. The number of nitrogens with zero attached hydrogens (tertiary/aromatic N) is 6. The summed E-state index contributed by atoms with van der Waals surface area (Å²) in [5.74, 6) is 1.24. The molecular formula is C138H160B2N6O2. The second kappa shape index (κ2) is 35.5. The van der Waals surface area contributed by atoms with Crippen LogP contribution in [0.15, 0.2) is 270 Å². The van der Waals surface area contributed by atoms with Gasteiger partial charge in [-0.05, 0) is 319 Å². The van der Waals surface area contributed by atoms with Crippen LogP contribution in [0.2, 0.25) is 0 Å². The summed E-state index contributed by atoms with van der Waals surface area (Å²) in [5, 5.41) is 0. The molecule has 6 heterocycles. The Morgan fingerprint density at radius 2 is 0.372 bits per heavy atom. The van der Waals surface area contributed by atoms with Crippen molar-refractivity contribution >= 4 is 137 Å². The molecule has 20 rings (SSSR count). The first-order valence-corrected chi connectivity index (χ1v) is 54.3. The fourth-order valence-corrected chi connectivity index (χ4v) is 21.9. The van der Waals surface area contributed by atoms with Gasteiger partial charge in [0.25, 0.3) is 13.4 Å². The van der Waals surface area contributed by atoms with Crippen LogP contribution in [-0.4, -0.2) is 23.4 Å². The van der Waals surface area contributed by atoms with Crippen molar-refractivity contribution in [1.29, 1.82) is 0 Å². The predicted octanol–water partition coefficient (Wildman–Crippen LogP) is 35.4. The highest BCUT2D eigenvalue weighted by Crippen LogP contribution is 2.54. The number of hydrogen-bond acceptors (Lipinski definition) is 8. The van der Waals surface area contributed by atoms with Gasteiger partial charge in [0.15, 0.2) is 11.2 Å². The lowest BCUT2D eigenvalue weighted by Gasteiger charge is -2.46. The Labute approximate surface area is 887 Å². The second-order valence-corrected chi connectivity index (χ2v) is 56.8. The van der Waals surface area contributed by atoms with Crippen LogP contribution in [0.1, 0.15) is 342 Å². The lowest BCUT2D eigenvalue weighted by Crippen LogP contribution is -2.61. The zero-order valence-corrected chi connectivity index (χ0v) is 96.5. The molecule has 148 heavy (non-hydrogen) atoms. The highest BCUT2D eigenvalue weighted by atomic mass is 16.4. The van der Waals surface area contributed by atoms with E-state index in [0.29, 0.717) is 11.8 Å². The number of hydrogen-bond donors (Lipinski definition) is 0. The third-order valence-corrected chi connectivity index (χ3v) is 31.8. The molecular weight excluding hydrogens is 1800 g/mol. The zero-order valence-electron chi connectivity index (χ0n) is 96.5. The maximum absolute atomic E-state index is 6.97. The van der Waals surface area contributed by atoms with Crippen LogP contribution in [0.5, 0.6) is 0 Å². The van der Waals surface area contributed by atoms with Crippen molar-refractivity contribution in [1.82, 2.24) is 9.97 Å². The normalized spacial score (nSPS) is 14.2. The van der Waals surface area contributed by atoms with Crippen molar-refractivity contribution in [3.63, 3.8) is 0 Å². The minimum atomic E-state index is -0.169. The predicted molar refractivity (Wildman–Crippen MR) is 641 cm³/mol. The molecule has 0 bridgehead atoms. The molecule has 0 amide bonds. The molecule has 0 aliphatic carbocycles. The quantitative estimate of drug-likeness (QED) is 0.139. The Hall–Kier alpha value is -12.7. The summed E-state index contributed by atoms with van der Waals surface area (Å²) in [5.41, 5.74) is 48.1. The molecule has 0 fully saturated rings. The Morgan fingerprint density at radius 3 is 0.622 bits per heavy atom. The van der Waals surface area contributed by atoms with Crippen LogP contribution in [0.4, 0.5) is 68.2 Å². The lowest BCUT2D eigenvalue weighted by atomic mass is 9.33. The van der Waals surface area contributed by atoms with Crippen molar-refractivity contribution in [3.05, 3.63) is 333 Å². The molecule has 760 valence electrons. The molecule has 14 aromatic carbocycles. The SMILES string of the molecule is CC(C)(C)c1ccc(-c2ccc(-c3nc4cc5c(cc4o3)N(c3cc(C(C)(C)C)cc(C(C)(C)C)c3)c3cc(C(C)(C)C)cc4c3B5c3cc(C(C)(C)C)ccc3N4c3cc(C(C)(C)C)cc(C(C)(C)C)c3)cc2)cc1.CC(C)(C)c1ccc(-c2ccc(-c3nc4cc5c(cc4o3)N(c3cc(C(C)(C)C)cc(C(C)(C)C)c3)c3cc(C(C)(C)C)cc4c3B5c3cc(C(C)(C)C)ccc3N4c3ccc(C(C)(C)C)cc3)cc2)cc1. The summed E-state index contributed by atoms with van der Waals surface area (Å²) in [6.07, 6.45) is 0. The standard InChI is InChI=1S/C71H84BN3O.C67H76BN3O/c1-65(2,3)46-28-26-44(27-29-46)43-22-24-45(25-23-43)64-73-57-41-56-59(42-62(57)76-64)75(54-36-50(69(13,14)15)33-51(37-54)70(16,17)18)61-40-52(71(19,20)21)39-60-63(61)72(56)55-38-47(66(4,5)6)30-31-58(55)74(60)53-34-48(67(7,8)9)32-49(35-53)68(10,11)12;1-62(2,3)44-25-23-42(24-26-44)41-19-21-43(22-20-41)61-69-54-39-53-56(40-59(54)72-61)71(51-34-47(65(10,11)12)33-48(35-51)66(13,14)15)58-38-49(67(16,17)18)37-57-60(58)68(53)52-36-46(64(7,8)9)29-32-55(52)70(57)50-30-27-45(28-31-50)63(4,5)6/h22-42H,1-21H3;19-40H,1-18H3. The van der Waals surface area contributed by atoms with E-state index in [1.165, 1.54) is 167 Å². The number of anilines is 12. The molecule has 0 atom stereocenters.